The number of benzene rings is 1. The van der Waals surface area contributed by atoms with Crippen molar-refractivity contribution in [3.05, 3.63) is 40.2 Å². The quantitative estimate of drug-likeness (QED) is 0.105. The van der Waals surface area contributed by atoms with Gasteiger partial charge in [-0.1, -0.05) is 18.9 Å². The van der Waals surface area contributed by atoms with Crippen molar-refractivity contribution in [2.45, 2.75) is 149 Å². The molecule has 3 N–H and O–H groups in total. The molecule has 3 rings (SSSR count). The number of halogens is 3. The number of aromatic nitrogens is 1. The van der Waals surface area contributed by atoms with Gasteiger partial charge in [0.1, 0.15) is 22.4 Å². The number of esters is 4. The minimum absolute atomic E-state index is 0.0222. The summed E-state index contributed by atoms with van der Waals surface area (Å²) in [7, 11) is 0. The SMILES string of the molecule is CC(C)(C)OC(=O)CN(CCN(CC(=O)Nc1ccc2c(C(F)(F)F)cc(=O)[nH]c2c1)[C@H]1CCCC[C@@H]1N(CCN(CC(=O)OC(C)(C)C)CC(=O)OC(C)(C)C)CC(=O)OC(C)(C)C)CC(=O)O. The number of alkyl halides is 3. The van der Waals surface area contributed by atoms with Crippen molar-refractivity contribution in [2.24, 2.45) is 0 Å². The van der Waals surface area contributed by atoms with Crippen molar-refractivity contribution >= 4 is 52.3 Å². The van der Waals surface area contributed by atoms with Crippen LogP contribution in [0.4, 0.5) is 18.9 Å². The fraction of sp³-hybridized carbons (Fsp3) is 0.688. The lowest BCUT2D eigenvalue weighted by molar-refractivity contribution is -0.162. The molecule has 69 heavy (non-hydrogen) atoms. The van der Waals surface area contributed by atoms with Crippen molar-refractivity contribution in [3.8, 4) is 0 Å². The third-order valence-corrected chi connectivity index (χ3v) is 10.2. The number of fused-ring (bicyclic) bond motifs is 1. The van der Waals surface area contributed by atoms with Crippen molar-refractivity contribution in [3.63, 3.8) is 0 Å². The average Bonchev–Trinajstić information content (AvgIpc) is 3.13. The molecule has 0 aliphatic heterocycles. The lowest BCUT2D eigenvalue weighted by Gasteiger charge is -2.45. The molecule has 1 saturated carbocycles. The lowest BCUT2D eigenvalue weighted by Crippen LogP contribution is -2.58. The summed E-state index contributed by atoms with van der Waals surface area (Å²) in [6.07, 6.45) is -2.41. The van der Waals surface area contributed by atoms with Crippen LogP contribution in [0.15, 0.2) is 29.1 Å². The molecule has 2 atom stereocenters. The molecule has 18 nitrogen and oxygen atoms in total. The van der Waals surface area contributed by atoms with E-state index in [-0.39, 0.29) is 75.5 Å². The third kappa shape index (κ3) is 22.0. The first-order valence-corrected chi connectivity index (χ1v) is 23.1. The highest BCUT2D eigenvalue weighted by Crippen LogP contribution is 2.34. The molecule has 0 bridgehead atoms. The number of nitrogens with one attached hydrogen (secondary N) is 2. The van der Waals surface area contributed by atoms with E-state index in [4.69, 9.17) is 18.9 Å². The number of pyridine rings is 1. The normalized spacial score (nSPS) is 16.2. The first-order valence-electron chi connectivity index (χ1n) is 23.1. The van der Waals surface area contributed by atoms with Gasteiger partial charge in [-0.3, -0.25) is 53.2 Å². The summed E-state index contributed by atoms with van der Waals surface area (Å²) in [6.45, 7) is 18.6. The maximum absolute atomic E-state index is 14.1. The molecule has 0 saturated heterocycles. The molecule has 0 spiro atoms. The molecule has 2 aromatic rings. The summed E-state index contributed by atoms with van der Waals surface area (Å²) in [5.74, 6) is -4.23. The van der Waals surface area contributed by atoms with Crippen LogP contribution in [0, 0.1) is 0 Å². The number of aromatic amines is 1. The summed E-state index contributed by atoms with van der Waals surface area (Å²) < 4.78 is 63.9. The smallest absolute Gasteiger partial charge is 0.417 e. The van der Waals surface area contributed by atoms with Gasteiger partial charge in [0.05, 0.1) is 50.3 Å². The van der Waals surface area contributed by atoms with Gasteiger partial charge in [0.25, 0.3) is 0 Å². The Hall–Kier alpha value is -5.12. The van der Waals surface area contributed by atoms with Gasteiger partial charge in [-0.15, -0.1) is 0 Å². The molecule has 1 amide bonds. The summed E-state index contributed by atoms with van der Waals surface area (Å²) >= 11 is 0. The minimum Gasteiger partial charge on any atom is -0.480 e. The zero-order valence-electron chi connectivity index (χ0n) is 42.2. The number of carbonyl (C=O) groups is 6. The largest absolute Gasteiger partial charge is 0.480 e. The number of aliphatic carboxylic acids is 1. The Bertz CT molecular complexity index is 2140. The Morgan fingerprint density at radius 1 is 0.609 bits per heavy atom. The number of ether oxygens (including phenoxy) is 4. The maximum atomic E-state index is 14.1. The molecule has 388 valence electrons. The van der Waals surface area contributed by atoms with Crippen LogP contribution in [0.25, 0.3) is 10.9 Å². The number of hydrogen-bond donors (Lipinski definition) is 3. The van der Waals surface area contributed by atoms with Crippen molar-refractivity contribution < 1.29 is 66.0 Å². The topological polar surface area (TPSA) is 217 Å². The molecule has 21 heteroatoms. The van der Waals surface area contributed by atoms with Crippen LogP contribution in [-0.4, -0.2) is 165 Å². The standard InChI is InChI=1S/C48H73F3N6O12/c1-44(2,3)66-40(62)27-54(26-39(60)61)19-21-56(25-38(59)52-31-17-18-32-33(48(49,50)51)24-37(58)53-34(32)23-31)35-15-13-14-16-36(35)57(30-43(65)69-47(10,11)12)22-20-55(28-41(63)67-45(4,5)6)29-42(64)68-46(7,8)9/h17-18,23-24,35-36H,13-16,19-22,25-30H2,1-12H3,(H,52,59)(H,53,58)(H,60,61)/t35-,36-/m0/s1. The van der Waals surface area contributed by atoms with Gasteiger partial charge in [0.2, 0.25) is 11.5 Å². The van der Waals surface area contributed by atoms with Crippen LogP contribution >= 0.6 is 0 Å². The van der Waals surface area contributed by atoms with E-state index in [2.05, 4.69) is 10.3 Å². The predicted molar refractivity (Wildman–Crippen MR) is 251 cm³/mol. The molecule has 1 aromatic heterocycles. The Morgan fingerprint density at radius 3 is 1.42 bits per heavy atom. The van der Waals surface area contributed by atoms with Crippen molar-refractivity contribution in [1.82, 2.24) is 24.6 Å². The molecular formula is C48H73F3N6O12. The number of carboxylic acids is 1. The summed E-state index contributed by atoms with van der Waals surface area (Å²) in [5, 5.41) is 12.3. The van der Waals surface area contributed by atoms with Crippen LogP contribution < -0.4 is 10.9 Å². The molecule has 1 fully saturated rings. The van der Waals surface area contributed by atoms with Gasteiger partial charge >= 0.3 is 36.0 Å². The Kier molecular flexibility index (Phi) is 20.4. The second-order valence-electron chi connectivity index (χ2n) is 21.4. The number of nitrogens with zero attached hydrogens (tertiary/aromatic N) is 4. The Labute approximate surface area is 402 Å². The van der Waals surface area contributed by atoms with E-state index in [1.165, 1.54) is 17.0 Å². The first kappa shape index (κ1) is 58.2. The van der Waals surface area contributed by atoms with Crippen molar-refractivity contribution in [2.75, 3.05) is 70.8 Å². The summed E-state index contributed by atoms with van der Waals surface area (Å²) in [4.78, 5) is 100. The predicted octanol–water partition coefficient (Wildman–Crippen LogP) is 5.46. The highest BCUT2D eigenvalue weighted by atomic mass is 19.4. The Morgan fingerprint density at radius 2 is 1.01 bits per heavy atom. The summed E-state index contributed by atoms with van der Waals surface area (Å²) in [6, 6.07) is 3.11. The zero-order chi connectivity index (χ0) is 52.3. The number of carboxylic acid groups (broad SMARTS) is 1. The zero-order valence-corrected chi connectivity index (χ0v) is 42.2. The van der Waals surface area contributed by atoms with Gasteiger partial charge in [-0.2, -0.15) is 13.2 Å². The van der Waals surface area contributed by atoms with E-state index in [1.54, 1.807) is 88.0 Å². The number of anilines is 1. The number of amides is 1. The lowest BCUT2D eigenvalue weighted by atomic mass is 9.87. The fourth-order valence-corrected chi connectivity index (χ4v) is 7.99. The monoisotopic (exact) mass is 983 g/mol. The van der Waals surface area contributed by atoms with Gasteiger partial charge < -0.3 is 34.4 Å². The van der Waals surface area contributed by atoms with E-state index in [0.717, 1.165) is 6.07 Å². The molecule has 1 aliphatic rings. The van der Waals surface area contributed by atoms with E-state index in [9.17, 15) is 51.8 Å². The van der Waals surface area contributed by atoms with Crippen LogP contribution in [-0.2, 0) is 53.9 Å². The number of hydrogen-bond acceptors (Lipinski definition) is 15. The number of H-pyrrole nitrogens is 1. The second kappa shape index (κ2) is 24.1. The molecule has 1 heterocycles. The maximum Gasteiger partial charge on any atom is 0.417 e. The van der Waals surface area contributed by atoms with E-state index in [0.29, 0.717) is 31.7 Å². The van der Waals surface area contributed by atoms with Crippen LogP contribution in [0.3, 0.4) is 0 Å². The van der Waals surface area contributed by atoms with Gasteiger partial charge in [-0.25, -0.2) is 0 Å². The molecular weight excluding hydrogens is 910 g/mol. The van der Waals surface area contributed by atoms with Crippen LogP contribution in [0.1, 0.15) is 114 Å². The van der Waals surface area contributed by atoms with E-state index >= 15 is 0 Å². The van der Waals surface area contributed by atoms with Crippen LogP contribution in [0.5, 0.6) is 0 Å². The number of carbonyl (C=O) groups excluding carboxylic acids is 5. The first-order chi connectivity index (χ1) is 31.6. The molecule has 1 aliphatic carbocycles. The minimum atomic E-state index is -4.82. The number of rotatable bonds is 21. The molecule has 1 aromatic carbocycles. The van der Waals surface area contributed by atoms with Crippen LogP contribution in [0.2, 0.25) is 0 Å². The van der Waals surface area contributed by atoms with E-state index < -0.39 is 94.1 Å². The third-order valence-electron chi connectivity index (χ3n) is 10.2. The van der Waals surface area contributed by atoms with Crippen molar-refractivity contribution in [1.29, 1.82) is 0 Å². The highest BCUT2D eigenvalue weighted by Gasteiger charge is 2.38. The van der Waals surface area contributed by atoms with Gasteiger partial charge in [0, 0.05) is 55.4 Å². The summed E-state index contributed by atoms with van der Waals surface area (Å²) in [5.41, 5.74) is -5.56. The van der Waals surface area contributed by atoms with Gasteiger partial charge in [0.15, 0.2) is 0 Å². The molecule has 0 radical (unpaired) electrons. The average molecular weight is 983 g/mol. The van der Waals surface area contributed by atoms with Gasteiger partial charge in [-0.05, 0) is 108 Å². The highest BCUT2D eigenvalue weighted by molar-refractivity contribution is 5.95. The second-order valence-corrected chi connectivity index (χ2v) is 21.4. The Balaban J connectivity index is 2.09. The molecule has 0 unspecified atom stereocenters. The van der Waals surface area contributed by atoms with E-state index in [1.807, 2.05) is 9.80 Å². The fourth-order valence-electron chi connectivity index (χ4n) is 7.99.